The predicted molar refractivity (Wildman–Crippen MR) is 95.7 cm³/mol. The van der Waals surface area contributed by atoms with E-state index in [1.165, 1.54) is 11.1 Å². The van der Waals surface area contributed by atoms with E-state index < -0.39 is 0 Å². The van der Waals surface area contributed by atoms with Crippen molar-refractivity contribution in [3.8, 4) is 0 Å². The van der Waals surface area contributed by atoms with Crippen LogP contribution in [0.5, 0.6) is 0 Å². The summed E-state index contributed by atoms with van der Waals surface area (Å²) in [6.07, 6.45) is 5.77. The molecule has 0 radical (unpaired) electrons. The maximum absolute atomic E-state index is 4.61. The average Bonchev–Trinajstić information content (AvgIpc) is 3.07. The maximum atomic E-state index is 4.61. The fraction of sp³-hybridized carbons (Fsp3) is 0.444. The number of hydrogen-bond donors (Lipinski definition) is 2. The van der Waals surface area contributed by atoms with Crippen LogP contribution in [0.1, 0.15) is 24.5 Å². The highest BCUT2D eigenvalue weighted by molar-refractivity contribution is 5.79. The van der Waals surface area contributed by atoms with Crippen LogP contribution in [0.4, 0.5) is 0 Å². The Balaban J connectivity index is 1.71. The Morgan fingerprint density at radius 1 is 1.22 bits per heavy atom. The van der Waals surface area contributed by atoms with Gasteiger partial charge in [-0.1, -0.05) is 29.8 Å². The van der Waals surface area contributed by atoms with Gasteiger partial charge in [0, 0.05) is 38.6 Å². The molecule has 2 N–H and O–H groups in total. The first-order chi connectivity index (χ1) is 11.3. The van der Waals surface area contributed by atoms with Crippen molar-refractivity contribution in [1.82, 2.24) is 20.4 Å². The summed E-state index contributed by atoms with van der Waals surface area (Å²) in [5.41, 5.74) is 2.64. The highest BCUT2D eigenvalue weighted by Crippen LogP contribution is 2.03. The number of aromatic nitrogens is 2. The quantitative estimate of drug-likeness (QED) is 0.447. The summed E-state index contributed by atoms with van der Waals surface area (Å²) in [5, 5.41) is 10.9. The highest BCUT2D eigenvalue weighted by Gasteiger charge is 1.98. The van der Waals surface area contributed by atoms with Crippen molar-refractivity contribution in [2.24, 2.45) is 4.99 Å². The molecule has 0 fully saturated rings. The molecule has 2 aromatic rings. The van der Waals surface area contributed by atoms with Crippen LogP contribution in [0.15, 0.2) is 47.7 Å². The van der Waals surface area contributed by atoms with Gasteiger partial charge < -0.3 is 10.6 Å². The molecule has 0 unspecified atom stereocenters. The lowest BCUT2D eigenvalue weighted by molar-refractivity contribution is 0.584. The zero-order valence-corrected chi connectivity index (χ0v) is 14.1. The number of nitrogens with one attached hydrogen (secondary N) is 2. The van der Waals surface area contributed by atoms with Crippen LogP contribution in [0.3, 0.4) is 0 Å². The highest BCUT2D eigenvalue weighted by atomic mass is 15.3. The molecule has 0 saturated carbocycles. The topological polar surface area (TPSA) is 54.2 Å². The van der Waals surface area contributed by atoms with Gasteiger partial charge in [0.05, 0.1) is 0 Å². The number of rotatable bonds is 8. The Morgan fingerprint density at radius 2 is 2.04 bits per heavy atom. The molecule has 0 amide bonds. The Morgan fingerprint density at radius 3 is 2.74 bits per heavy atom. The third-order valence-corrected chi connectivity index (χ3v) is 3.55. The second-order valence-corrected chi connectivity index (χ2v) is 5.55. The smallest absolute Gasteiger partial charge is 0.191 e. The molecule has 0 aliphatic heterocycles. The third-order valence-electron chi connectivity index (χ3n) is 3.55. The molecule has 5 nitrogen and oxygen atoms in total. The second kappa shape index (κ2) is 9.66. The van der Waals surface area contributed by atoms with E-state index in [1.807, 2.05) is 16.9 Å². The largest absolute Gasteiger partial charge is 0.357 e. The van der Waals surface area contributed by atoms with Gasteiger partial charge in [-0.05, 0) is 38.3 Å². The van der Waals surface area contributed by atoms with E-state index in [0.29, 0.717) is 0 Å². The SMILES string of the molecule is CCNC(=NCCCn1cccn1)NCCc1ccc(C)cc1. The molecule has 1 aromatic carbocycles. The van der Waals surface area contributed by atoms with Crippen LogP contribution in [-0.2, 0) is 13.0 Å². The van der Waals surface area contributed by atoms with Gasteiger partial charge in [-0.15, -0.1) is 0 Å². The Labute approximate surface area is 138 Å². The summed E-state index contributed by atoms with van der Waals surface area (Å²) in [7, 11) is 0. The lowest BCUT2D eigenvalue weighted by Crippen LogP contribution is -2.38. The lowest BCUT2D eigenvalue weighted by atomic mass is 10.1. The van der Waals surface area contributed by atoms with Crippen molar-refractivity contribution in [2.45, 2.75) is 33.2 Å². The summed E-state index contributed by atoms with van der Waals surface area (Å²) in [4.78, 5) is 4.61. The minimum absolute atomic E-state index is 0.791. The Hall–Kier alpha value is -2.30. The van der Waals surface area contributed by atoms with Crippen LogP contribution < -0.4 is 10.6 Å². The molecule has 0 saturated heterocycles. The number of hydrogen-bond acceptors (Lipinski definition) is 2. The van der Waals surface area contributed by atoms with Gasteiger partial charge in [0.1, 0.15) is 0 Å². The molecule has 23 heavy (non-hydrogen) atoms. The van der Waals surface area contributed by atoms with E-state index in [0.717, 1.165) is 45.0 Å². The number of benzene rings is 1. The summed E-state index contributed by atoms with van der Waals surface area (Å²) < 4.78 is 1.94. The molecule has 0 atom stereocenters. The van der Waals surface area contributed by atoms with Gasteiger partial charge in [-0.3, -0.25) is 9.67 Å². The molecular weight excluding hydrogens is 286 g/mol. The van der Waals surface area contributed by atoms with Gasteiger partial charge >= 0.3 is 0 Å². The van der Waals surface area contributed by atoms with E-state index in [-0.39, 0.29) is 0 Å². The minimum atomic E-state index is 0.791. The van der Waals surface area contributed by atoms with Crippen molar-refractivity contribution in [1.29, 1.82) is 0 Å². The van der Waals surface area contributed by atoms with Crippen molar-refractivity contribution >= 4 is 5.96 Å². The average molecular weight is 313 g/mol. The third kappa shape index (κ3) is 6.55. The van der Waals surface area contributed by atoms with Crippen LogP contribution in [-0.4, -0.2) is 35.4 Å². The monoisotopic (exact) mass is 313 g/mol. The first-order valence-electron chi connectivity index (χ1n) is 8.33. The van der Waals surface area contributed by atoms with Gasteiger partial charge in [0.25, 0.3) is 0 Å². The molecule has 1 aromatic heterocycles. The van der Waals surface area contributed by atoms with Gasteiger partial charge in [0.2, 0.25) is 0 Å². The molecular formula is C18H27N5. The molecule has 1 heterocycles. The Bertz CT molecular complexity index is 572. The molecule has 0 spiro atoms. The predicted octanol–water partition coefficient (Wildman–Crippen LogP) is 2.38. The molecule has 0 bridgehead atoms. The molecule has 5 heteroatoms. The molecule has 0 aliphatic carbocycles. The van der Waals surface area contributed by atoms with Crippen LogP contribution in [0.2, 0.25) is 0 Å². The van der Waals surface area contributed by atoms with Crippen LogP contribution in [0, 0.1) is 6.92 Å². The number of nitrogens with zero attached hydrogens (tertiary/aromatic N) is 3. The summed E-state index contributed by atoms with van der Waals surface area (Å²) in [6.45, 7) is 7.64. The van der Waals surface area contributed by atoms with E-state index in [9.17, 15) is 0 Å². The summed E-state index contributed by atoms with van der Waals surface area (Å²) in [6, 6.07) is 10.6. The van der Waals surface area contributed by atoms with Gasteiger partial charge in [-0.25, -0.2) is 0 Å². The fourth-order valence-electron chi connectivity index (χ4n) is 2.28. The minimum Gasteiger partial charge on any atom is -0.357 e. The first-order valence-corrected chi connectivity index (χ1v) is 8.33. The van der Waals surface area contributed by atoms with Gasteiger partial charge in [-0.2, -0.15) is 5.10 Å². The van der Waals surface area contributed by atoms with Gasteiger partial charge in [0.15, 0.2) is 5.96 Å². The second-order valence-electron chi connectivity index (χ2n) is 5.55. The zero-order chi connectivity index (χ0) is 16.3. The summed E-state index contributed by atoms with van der Waals surface area (Å²) in [5.74, 6) is 0.889. The van der Waals surface area contributed by atoms with E-state index >= 15 is 0 Å². The van der Waals surface area contributed by atoms with Crippen LogP contribution >= 0.6 is 0 Å². The maximum Gasteiger partial charge on any atom is 0.191 e. The standard InChI is InChI=1S/C18H27N5/c1-3-19-18(20-11-4-14-23-15-5-12-22-23)21-13-10-17-8-6-16(2)7-9-17/h5-9,12,15H,3-4,10-11,13-14H2,1-2H3,(H2,19,20,21). The molecule has 124 valence electrons. The fourth-order valence-corrected chi connectivity index (χ4v) is 2.28. The number of aryl methyl sites for hydroxylation is 2. The van der Waals surface area contributed by atoms with E-state index in [4.69, 9.17) is 0 Å². The number of aliphatic imine (C=N–C) groups is 1. The van der Waals surface area contributed by atoms with Crippen molar-refractivity contribution in [3.05, 3.63) is 53.9 Å². The summed E-state index contributed by atoms with van der Waals surface area (Å²) >= 11 is 0. The normalized spacial score (nSPS) is 11.5. The van der Waals surface area contributed by atoms with E-state index in [2.05, 4.69) is 58.8 Å². The zero-order valence-electron chi connectivity index (χ0n) is 14.1. The molecule has 0 aliphatic rings. The van der Waals surface area contributed by atoms with Crippen molar-refractivity contribution in [3.63, 3.8) is 0 Å². The van der Waals surface area contributed by atoms with E-state index in [1.54, 1.807) is 6.20 Å². The number of guanidine groups is 1. The lowest BCUT2D eigenvalue weighted by Gasteiger charge is -2.11. The van der Waals surface area contributed by atoms with Crippen molar-refractivity contribution < 1.29 is 0 Å². The Kier molecular flexibility index (Phi) is 7.17. The van der Waals surface area contributed by atoms with Crippen molar-refractivity contribution in [2.75, 3.05) is 19.6 Å². The first kappa shape index (κ1) is 17.1. The molecule has 2 rings (SSSR count). The van der Waals surface area contributed by atoms with Crippen LogP contribution in [0.25, 0.3) is 0 Å².